The predicted octanol–water partition coefficient (Wildman–Crippen LogP) is 8.37. The summed E-state index contributed by atoms with van der Waals surface area (Å²) >= 11 is 11.5. The molecule has 196 valence electrons. The molecule has 8 heteroatoms. The van der Waals surface area contributed by atoms with Gasteiger partial charge in [-0.15, -0.1) is 0 Å². The van der Waals surface area contributed by atoms with E-state index in [9.17, 15) is 4.79 Å². The number of hydrogen-bond donors (Lipinski definition) is 2. The van der Waals surface area contributed by atoms with Crippen molar-refractivity contribution < 1.29 is 13.6 Å². The number of aromatic nitrogens is 1. The molecule has 6 nitrogen and oxygen atoms in total. The molecule has 2 N–H and O–H groups in total. The van der Waals surface area contributed by atoms with Gasteiger partial charge in [-0.25, -0.2) is 4.98 Å². The molecule has 0 aliphatic carbocycles. The predicted molar refractivity (Wildman–Crippen MR) is 161 cm³/mol. The van der Waals surface area contributed by atoms with Crippen LogP contribution < -0.4 is 10.6 Å². The lowest BCUT2D eigenvalue weighted by molar-refractivity contribution is -0.115. The van der Waals surface area contributed by atoms with Crippen LogP contribution in [0.25, 0.3) is 40.0 Å². The minimum absolute atomic E-state index is 0.176. The third kappa shape index (κ3) is 6.28. The van der Waals surface area contributed by atoms with Crippen LogP contribution in [-0.4, -0.2) is 16.0 Å². The summed E-state index contributed by atoms with van der Waals surface area (Å²) in [6.07, 6.45) is 2.94. The summed E-state index contributed by atoms with van der Waals surface area (Å²) in [5.41, 5.74) is 6.22. The fourth-order valence-electron chi connectivity index (χ4n) is 3.94. The number of carbonyl (C=O) groups excluding carboxylic acids is 1. The largest absolute Gasteiger partial charge is 0.457 e. The lowest BCUT2D eigenvalue weighted by Crippen LogP contribution is -2.32. The van der Waals surface area contributed by atoms with Crippen LogP contribution in [-0.2, 0) is 4.79 Å². The van der Waals surface area contributed by atoms with Crippen LogP contribution in [0, 0.1) is 6.92 Å². The molecule has 0 radical (unpaired) electrons. The average molecular weight is 556 g/mol. The molecule has 0 atom stereocenters. The SMILES string of the molecule is Cc1ccc(-c2ccc(/C=C/C(=O)NC(=S)Nc3ccc(-c4nc5cc(C(C)C)ccc5o4)cc3)o2)cc1Cl. The van der Waals surface area contributed by atoms with Crippen LogP contribution in [0.2, 0.25) is 5.02 Å². The second kappa shape index (κ2) is 11.3. The van der Waals surface area contributed by atoms with Crippen LogP contribution >= 0.6 is 23.8 Å². The molecule has 0 bridgehead atoms. The molecule has 0 aliphatic rings. The van der Waals surface area contributed by atoms with E-state index in [4.69, 9.17) is 32.7 Å². The van der Waals surface area contributed by atoms with E-state index in [-0.39, 0.29) is 11.0 Å². The molecule has 0 aliphatic heterocycles. The normalized spacial score (nSPS) is 11.4. The highest BCUT2D eigenvalue weighted by Crippen LogP contribution is 2.29. The van der Waals surface area contributed by atoms with E-state index in [1.54, 1.807) is 12.1 Å². The molecule has 1 amide bonds. The summed E-state index contributed by atoms with van der Waals surface area (Å²) in [7, 11) is 0. The number of fused-ring (bicyclic) bond motifs is 1. The fraction of sp³-hybridized carbons (Fsp3) is 0.129. The first-order valence-electron chi connectivity index (χ1n) is 12.4. The van der Waals surface area contributed by atoms with Gasteiger partial charge in [-0.2, -0.15) is 0 Å². The number of oxazole rings is 1. The number of rotatable bonds is 6. The Morgan fingerprint density at radius 1 is 0.974 bits per heavy atom. The van der Waals surface area contributed by atoms with Crippen molar-refractivity contribution in [1.29, 1.82) is 0 Å². The Bertz CT molecular complexity index is 1700. The Labute approximate surface area is 236 Å². The summed E-state index contributed by atoms with van der Waals surface area (Å²) in [4.78, 5) is 17.0. The van der Waals surface area contributed by atoms with Crippen molar-refractivity contribution in [2.24, 2.45) is 0 Å². The van der Waals surface area contributed by atoms with E-state index in [0.717, 1.165) is 33.5 Å². The maximum Gasteiger partial charge on any atom is 0.250 e. The van der Waals surface area contributed by atoms with Gasteiger partial charge in [0.25, 0.3) is 0 Å². The molecule has 0 saturated heterocycles. The third-order valence-corrected chi connectivity index (χ3v) is 6.80. The lowest BCUT2D eigenvalue weighted by atomic mass is 10.0. The van der Waals surface area contributed by atoms with E-state index in [2.05, 4.69) is 41.6 Å². The van der Waals surface area contributed by atoms with Crippen LogP contribution in [0.4, 0.5) is 5.69 Å². The maximum atomic E-state index is 12.4. The molecule has 39 heavy (non-hydrogen) atoms. The number of nitrogens with zero attached hydrogens (tertiary/aromatic N) is 1. The Morgan fingerprint density at radius 2 is 1.74 bits per heavy atom. The van der Waals surface area contributed by atoms with Crippen LogP contribution in [0.5, 0.6) is 0 Å². The van der Waals surface area contributed by atoms with E-state index in [1.165, 1.54) is 11.6 Å². The van der Waals surface area contributed by atoms with Crippen molar-refractivity contribution in [1.82, 2.24) is 10.3 Å². The van der Waals surface area contributed by atoms with Gasteiger partial charge in [-0.05, 0) is 96.9 Å². The summed E-state index contributed by atoms with van der Waals surface area (Å²) in [6, 6.07) is 22.9. The molecule has 2 heterocycles. The van der Waals surface area contributed by atoms with Crippen molar-refractivity contribution in [3.05, 3.63) is 101 Å². The van der Waals surface area contributed by atoms with Gasteiger partial charge in [0.15, 0.2) is 10.7 Å². The van der Waals surface area contributed by atoms with Crippen molar-refractivity contribution >= 4 is 57.7 Å². The standard InChI is InChI=1S/C31H26ClN3O3S/c1-18(2)21-8-13-28-26(17-21)34-30(38-28)20-6-9-23(10-7-20)33-31(39)35-29(36)15-12-24-11-14-27(37-24)22-5-4-19(3)25(32)16-22/h4-18H,1-3H3,(H2,33,35,36,39)/b15-12+. The number of halogens is 1. The van der Waals surface area contributed by atoms with Gasteiger partial charge in [0, 0.05) is 27.9 Å². The van der Waals surface area contributed by atoms with E-state index < -0.39 is 0 Å². The summed E-state index contributed by atoms with van der Waals surface area (Å²) in [5, 5.41) is 6.49. The first-order chi connectivity index (χ1) is 18.7. The minimum Gasteiger partial charge on any atom is -0.457 e. The molecule has 5 rings (SSSR count). The monoisotopic (exact) mass is 555 g/mol. The van der Waals surface area contributed by atoms with Gasteiger partial charge in [0.05, 0.1) is 0 Å². The van der Waals surface area contributed by atoms with E-state index in [1.807, 2.05) is 61.5 Å². The van der Waals surface area contributed by atoms with Crippen LogP contribution in [0.15, 0.2) is 87.7 Å². The Balaban J connectivity index is 1.17. The zero-order chi connectivity index (χ0) is 27.5. The van der Waals surface area contributed by atoms with Crippen LogP contribution in [0.3, 0.4) is 0 Å². The number of aryl methyl sites for hydroxylation is 1. The summed E-state index contributed by atoms with van der Waals surface area (Å²) < 4.78 is 11.7. The van der Waals surface area contributed by atoms with Gasteiger partial charge in [0.1, 0.15) is 17.0 Å². The molecule has 0 fully saturated rings. The Hall–Kier alpha value is -4.20. The van der Waals surface area contributed by atoms with Gasteiger partial charge in [-0.3, -0.25) is 10.1 Å². The highest BCUT2D eigenvalue weighted by atomic mass is 35.5. The summed E-state index contributed by atoms with van der Waals surface area (Å²) in [5.74, 6) is 1.78. The van der Waals surface area contributed by atoms with Crippen molar-refractivity contribution in [2.45, 2.75) is 26.7 Å². The zero-order valence-electron chi connectivity index (χ0n) is 21.6. The molecule has 3 aromatic carbocycles. The quantitative estimate of drug-likeness (QED) is 0.162. The second-order valence-electron chi connectivity index (χ2n) is 9.42. The molecular formula is C31H26ClN3O3S. The van der Waals surface area contributed by atoms with Crippen molar-refractivity contribution in [3.63, 3.8) is 0 Å². The lowest BCUT2D eigenvalue weighted by Gasteiger charge is -2.08. The molecule has 0 unspecified atom stereocenters. The third-order valence-electron chi connectivity index (χ3n) is 6.19. The molecule has 2 aromatic heterocycles. The number of carbonyl (C=O) groups is 1. The van der Waals surface area contributed by atoms with Crippen LogP contribution in [0.1, 0.15) is 36.7 Å². The van der Waals surface area contributed by atoms with Gasteiger partial charge in [0.2, 0.25) is 11.8 Å². The average Bonchev–Trinajstić information content (AvgIpc) is 3.56. The number of benzene rings is 3. The molecule has 0 spiro atoms. The number of hydrogen-bond acceptors (Lipinski definition) is 5. The van der Waals surface area contributed by atoms with E-state index in [0.29, 0.717) is 28.4 Å². The fourth-order valence-corrected chi connectivity index (χ4v) is 4.34. The number of nitrogens with one attached hydrogen (secondary N) is 2. The first kappa shape index (κ1) is 26.4. The van der Waals surface area contributed by atoms with Gasteiger partial charge < -0.3 is 14.2 Å². The number of anilines is 1. The highest BCUT2D eigenvalue weighted by Gasteiger charge is 2.11. The maximum absolute atomic E-state index is 12.4. The van der Waals surface area contributed by atoms with Crippen molar-refractivity contribution in [3.8, 4) is 22.8 Å². The number of amides is 1. The molecule has 5 aromatic rings. The Kier molecular flexibility index (Phi) is 7.63. The minimum atomic E-state index is -0.382. The zero-order valence-corrected chi connectivity index (χ0v) is 23.2. The van der Waals surface area contributed by atoms with Crippen molar-refractivity contribution in [2.75, 3.05) is 5.32 Å². The first-order valence-corrected chi connectivity index (χ1v) is 13.2. The number of thiocarbonyl (C=S) groups is 1. The number of furan rings is 1. The topological polar surface area (TPSA) is 80.3 Å². The second-order valence-corrected chi connectivity index (χ2v) is 10.2. The highest BCUT2D eigenvalue weighted by molar-refractivity contribution is 7.80. The summed E-state index contributed by atoms with van der Waals surface area (Å²) in [6.45, 7) is 6.24. The molecular weight excluding hydrogens is 530 g/mol. The van der Waals surface area contributed by atoms with E-state index >= 15 is 0 Å². The Morgan fingerprint density at radius 3 is 2.49 bits per heavy atom. The molecule has 0 saturated carbocycles. The van der Waals surface area contributed by atoms with Gasteiger partial charge in [-0.1, -0.05) is 43.6 Å². The smallest absolute Gasteiger partial charge is 0.250 e. The van der Waals surface area contributed by atoms with Gasteiger partial charge >= 0.3 is 0 Å².